The third-order valence-corrected chi connectivity index (χ3v) is 7.23. The number of amides is 1. The SMILES string of the molecule is O=C(C1=CN(C23CC4CC(F)(CC(F)(C4)C2)C3)CN=C1C(F)(F)F)N1CCOCC1. The number of hydrogen-bond acceptors (Lipinski definition) is 4. The Labute approximate surface area is 170 Å². The van der Waals surface area contributed by atoms with Crippen molar-refractivity contribution < 1.29 is 31.5 Å². The molecular weight excluding hydrogens is 409 g/mol. The zero-order valence-corrected chi connectivity index (χ0v) is 16.5. The number of ether oxygens (including phenoxy) is 1. The minimum atomic E-state index is -4.79. The number of halogens is 5. The van der Waals surface area contributed by atoms with Crippen LogP contribution in [0, 0.1) is 5.92 Å². The molecule has 1 amide bonds. The highest BCUT2D eigenvalue weighted by atomic mass is 19.4. The summed E-state index contributed by atoms with van der Waals surface area (Å²) in [5.74, 6) is -0.912. The Kier molecular flexibility index (Phi) is 4.31. The molecule has 1 saturated heterocycles. The molecule has 4 aliphatic carbocycles. The van der Waals surface area contributed by atoms with Gasteiger partial charge in [0.25, 0.3) is 5.91 Å². The number of nitrogens with zero attached hydrogens (tertiary/aromatic N) is 3. The van der Waals surface area contributed by atoms with Crippen LogP contribution in [0.2, 0.25) is 0 Å². The Morgan fingerprint density at radius 2 is 1.70 bits per heavy atom. The molecule has 4 bridgehead atoms. The summed E-state index contributed by atoms with van der Waals surface area (Å²) < 4.78 is 76.8. The topological polar surface area (TPSA) is 45.1 Å². The van der Waals surface area contributed by atoms with Crippen LogP contribution in [0.3, 0.4) is 0 Å². The highest BCUT2D eigenvalue weighted by Crippen LogP contribution is 2.64. The van der Waals surface area contributed by atoms with Crippen LogP contribution in [-0.2, 0) is 9.53 Å². The molecule has 30 heavy (non-hydrogen) atoms. The van der Waals surface area contributed by atoms with E-state index in [-0.39, 0.29) is 58.2 Å². The van der Waals surface area contributed by atoms with Crippen LogP contribution in [0.1, 0.15) is 38.5 Å². The molecule has 2 atom stereocenters. The molecule has 5 fully saturated rings. The normalized spacial score (nSPS) is 41.0. The molecule has 5 nitrogen and oxygen atoms in total. The number of aliphatic imine (C=N–C) groups is 1. The van der Waals surface area contributed by atoms with E-state index in [0.29, 0.717) is 19.3 Å². The van der Waals surface area contributed by atoms with Crippen LogP contribution in [0.25, 0.3) is 0 Å². The van der Waals surface area contributed by atoms with Crippen LogP contribution in [0.4, 0.5) is 22.0 Å². The van der Waals surface area contributed by atoms with Gasteiger partial charge in [0.1, 0.15) is 18.0 Å². The molecule has 0 aromatic rings. The van der Waals surface area contributed by atoms with Crippen molar-refractivity contribution in [3.8, 4) is 0 Å². The molecule has 0 spiro atoms. The minimum Gasteiger partial charge on any atom is -0.378 e. The second-order valence-electron chi connectivity index (χ2n) is 9.60. The summed E-state index contributed by atoms with van der Waals surface area (Å²) >= 11 is 0. The molecular formula is C20H24F5N3O2. The van der Waals surface area contributed by atoms with Gasteiger partial charge in [0.15, 0.2) is 5.71 Å². The standard InChI is InChI=1S/C20H24F5N3O2/c21-17-5-13-6-18(22,9-17)11-19(7-13,10-17)28-8-14(15(26-12-28)20(23,24)25)16(29)27-1-3-30-4-2-27/h8,13H,1-7,9-12H2. The molecule has 0 radical (unpaired) electrons. The van der Waals surface area contributed by atoms with Crippen molar-refractivity contribution in [1.82, 2.24) is 9.80 Å². The first kappa shape index (κ1) is 20.2. The van der Waals surface area contributed by atoms with Gasteiger partial charge in [0, 0.05) is 44.1 Å². The van der Waals surface area contributed by atoms with E-state index in [0.717, 1.165) is 0 Å². The molecule has 166 valence electrons. The van der Waals surface area contributed by atoms with Gasteiger partial charge < -0.3 is 14.5 Å². The number of morpholine rings is 1. The Bertz CT molecular complexity index is 802. The lowest BCUT2D eigenvalue weighted by atomic mass is 9.50. The van der Waals surface area contributed by atoms with Crippen LogP contribution >= 0.6 is 0 Å². The number of alkyl halides is 5. The third kappa shape index (κ3) is 3.22. The van der Waals surface area contributed by atoms with Gasteiger partial charge >= 0.3 is 6.18 Å². The predicted octanol–water partition coefficient (Wildman–Crippen LogP) is 3.16. The van der Waals surface area contributed by atoms with Gasteiger partial charge in [-0.15, -0.1) is 0 Å². The van der Waals surface area contributed by atoms with E-state index >= 15 is 8.78 Å². The molecule has 10 heteroatoms. The molecule has 2 heterocycles. The molecule has 0 N–H and O–H groups in total. The van der Waals surface area contributed by atoms with Crippen LogP contribution in [0.5, 0.6) is 0 Å². The summed E-state index contributed by atoms with van der Waals surface area (Å²) in [5, 5.41) is 0. The maximum atomic E-state index is 15.3. The van der Waals surface area contributed by atoms with E-state index in [2.05, 4.69) is 4.99 Å². The zero-order chi connectivity index (χ0) is 21.4. The molecule has 0 aromatic heterocycles. The third-order valence-electron chi connectivity index (χ3n) is 7.23. The van der Waals surface area contributed by atoms with E-state index in [1.165, 1.54) is 16.0 Å². The second kappa shape index (κ2) is 6.40. The van der Waals surface area contributed by atoms with Crippen molar-refractivity contribution in [2.45, 2.75) is 61.6 Å². The Morgan fingerprint density at radius 3 is 2.27 bits per heavy atom. The summed E-state index contributed by atoms with van der Waals surface area (Å²) in [6.07, 6.45) is -2.52. The highest BCUT2D eigenvalue weighted by molar-refractivity contribution is 6.23. The highest BCUT2D eigenvalue weighted by Gasteiger charge is 2.66. The number of rotatable bonds is 2. The van der Waals surface area contributed by atoms with Gasteiger partial charge in [-0.25, -0.2) is 8.78 Å². The Balaban J connectivity index is 1.50. The van der Waals surface area contributed by atoms with Crippen molar-refractivity contribution >= 4 is 11.6 Å². The van der Waals surface area contributed by atoms with Gasteiger partial charge in [-0.2, -0.15) is 13.2 Å². The number of carbonyl (C=O) groups is 1. The zero-order valence-electron chi connectivity index (χ0n) is 16.5. The number of hydrogen-bond donors (Lipinski definition) is 0. The summed E-state index contributed by atoms with van der Waals surface area (Å²) in [5.41, 5.74) is -6.01. The van der Waals surface area contributed by atoms with Crippen LogP contribution < -0.4 is 0 Å². The predicted molar refractivity (Wildman–Crippen MR) is 97.3 cm³/mol. The monoisotopic (exact) mass is 433 g/mol. The van der Waals surface area contributed by atoms with Crippen molar-refractivity contribution in [3.63, 3.8) is 0 Å². The fourth-order valence-electron chi connectivity index (χ4n) is 6.59. The fraction of sp³-hybridized carbons (Fsp3) is 0.800. The van der Waals surface area contributed by atoms with E-state index in [1.54, 1.807) is 0 Å². The Hall–Kier alpha value is -1.71. The van der Waals surface area contributed by atoms with Crippen molar-refractivity contribution in [1.29, 1.82) is 0 Å². The quantitative estimate of drug-likeness (QED) is 0.629. The molecule has 2 aliphatic heterocycles. The first-order chi connectivity index (χ1) is 14.0. The molecule has 6 aliphatic rings. The van der Waals surface area contributed by atoms with Crippen LogP contribution in [0.15, 0.2) is 16.8 Å². The lowest BCUT2D eigenvalue weighted by Gasteiger charge is -2.64. The van der Waals surface area contributed by atoms with Crippen molar-refractivity contribution in [3.05, 3.63) is 11.8 Å². The van der Waals surface area contributed by atoms with Gasteiger partial charge in [-0.05, 0) is 25.2 Å². The lowest BCUT2D eigenvalue weighted by Crippen LogP contribution is -2.68. The van der Waals surface area contributed by atoms with Gasteiger partial charge in [-0.1, -0.05) is 0 Å². The van der Waals surface area contributed by atoms with E-state index in [9.17, 15) is 18.0 Å². The van der Waals surface area contributed by atoms with Gasteiger partial charge in [0.05, 0.1) is 18.8 Å². The molecule has 4 saturated carbocycles. The fourth-order valence-corrected chi connectivity index (χ4v) is 6.59. The molecule has 2 unspecified atom stereocenters. The van der Waals surface area contributed by atoms with Crippen molar-refractivity contribution in [2.24, 2.45) is 10.9 Å². The van der Waals surface area contributed by atoms with Gasteiger partial charge in [0.2, 0.25) is 0 Å². The maximum Gasteiger partial charge on any atom is 0.433 e. The largest absolute Gasteiger partial charge is 0.433 e. The maximum absolute atomic E-state index is 15.3. The minimum absolute atomic E-state index is 0.0641. The van der Waals surface area contributed by atoms with E-state index in [1.807, 2.05) is 0 Å². The smallest absolute Gasteiger partial charge is 0.378 e. The average Bonchev–Trinajstić information content (AvgIpc) is 2.64. The second-order valence-corrected chi connectivity index (χ2v) is 9.60. The van der Waals surface area contributed by atoms with Crippen LogP contribution in [-0.4, -0.2) is 77.4 Å². The lowest BCUT2D eigenvalue weighted by molar-refractivity contribution is -0.178. The Morgan fingerprint density at radius 1 is 1.07 bits per heavy atom. The first-order valence-corrected chi connectivity index (χ1v) is 10.4. The summed E-state index contributed by atoms with van der Waals surface area (Å²) in [6, 6.07) is 0. The summed E-state index contributed by atoms with van der Waals surface area (Å²) in [7, 11) is 0. The summed E-state index contributed by atoms with van der Waals surface area (Å²) in [4.78, 5) is 19.5. The van der Waals surface area contributed by atoms with E-state index < -0.39 is 40.2 Å². The average molecular weight is 433 g/mol. The molecule has 6 rings (SSSR count). The van der Waals surface area contributed by atoms with Gasteiger partial charge in [-0.3, -0.25) is 9.79 Å². The number of carbonyl (C=O) groups excluding carboxylic acids is 1. The molecule has 0 aromatic carbocycles. The van der Waals surface area contributed by atoms with Crippen molar-refractivity contribution in [2.75, 3.05) is 33.0 Å². The van der Waals surface area contributed by atoms with E-state index in [4.69, 9.17) is 4.74 Å². The first-order valence-electron chi connectivity index (χ1n) is 10.4. The summed E-state index contributed by atoms with van der Waals surface area (Å²) in [6.45, 7) is 0.530.